The maximum Gasteiger partial charge on any atom is 0.495 e. The Morgan fingerprint density at radius 2 is 1.80 bits per heavy atom. The Hall–Kier alpha value is -0.595. The molecule has 1 aliphatic rings. The molecule has 6 heteroatoms. The summed E-state index contributed by atoms with van der Waals surface area (Å²) in [5, 5.41) is 1.09. The predicted octanol–water partition coefficient (Wildman–Crippen LogP) is 2.84. The Bertz CT molecular complexity index is 665. The van der Waals surface area contributed by atoms with Gasteiger partial charge in [0.2, 0.25) is 0 Å². The summed E-state index contributed by atoms with van der Waals surface area (Å²) in [6.45, 7) is 10.3. The largest absolute Gasteiger partial charge is 0.495 e. The summed E-state index contributed by atoms with van der Waals surface area (Å²) in [6.07, 6.45) is 2.01. The van der Waals surface area contributed by atoms with Crippen LogP contribution >= 0.6 is 22.9 Å². The Morgan fingerprint density at radius 1 is 1.20 bits per heavy atom. The van der Waals surface area contributed by atoms with Crippen LogP contribution in [0.25, 0.3) is 11.0 Å². The predicted molar refractivity (Wildman–Crippen MR) is 89.6 cm³/mol. The first-order chi connectivity index (χ1) is 9.21. The van der Waals surface area contributed by atoms with Crippen molar-refractivity contribution >= 4 is 46.5 Å². The summed E-state index contributed by atoms with van der Waals surface area (Å²) >= 11 is 2.24. The first kappa shape index (κ1) is 14.3. The van der Waals surface area contributed by atoms with E-state index in [-0.39, 0.29) is 18.3 Å². The number of pyridine rings is 1. The number of aryl methyl sites for hydroxylation is 1. The molecule has 106 valence electrons. The zero-order valence-corrected chi connectivity index (χ0v) is 14.6. The molecule has 0 spiro atoms. The standard InChI is InChI=1S/C14H18BIN2O2/c1-9-8-11(10-6-7-18(16)12(10)17-9)15-19-13(2,3)14(4,5)20-15/h6-8H,1-5H3. The van der Waals surface area contributed by atoms with Crippen molar-refractivity contribution in [2.75, 3.05) is 0 Å². The molecule has 20 heavy (non-hydrogen) atoms. The Labute approximate surface area is 133 Å². The molecule has 1 saturated heterocycles. The number of aromatic nitrogens is 2. The van der Waals surface area contributed by atoms with Crippen molar-refractivity contribution in [2.45, 2.75) is 45.8 Å². The van der Waals surface area contributed by atoms with Crippen molar-refractivity contribution in [3.63, 3.8) is 0 Å². The van der Waals surface area contributed by atoms with Crippen LogP contribution in [0.3, 0.4) is 0 Å². The third-order valence-corrected chi connectivity index (χ3v) is 5.06. The second kappa shape index (κ2) is 4.45. The lowest BCUT2D eigenvalue weighted by molar-refractivity contribution is 0.00578. The van der Waals surface area contributed by atoms with E-state index in [2.05, 4.69) is 67.7 Å². The molecular formula is C14H18BIN2O2. The maximum absolute atomic E-state index is 6.16. The van der Waals surface area contributed by atoms with Crippen LogP contribution in [-0.2, 0) is 9.31 Å². The SMILES string of the molecule is Cc1cc(B2OC(C)(C)C(C)(C)O2)c2ccn(I)c2n1. The van der Waals surface area contributed by atoms with E-state index in [0.29, 0.717) is 0 Å². The van der Waals surface area contributed by atoms with Crippen molar-refractivity contribution < 1.29 is 9.31 Å². The van der Waals surface area contributed by atoms with Gasteiger partial charge in [-0.05, 0) is 52.2 Å². The average Bonchev–Trinajstić information content (AvgIpc) is 2.78. The highest BCUT2D eigenvalue weighted by atomic mass is 127. The van der Waals surface area contributed by atoms with Crippen molar-refractivity contribution in [1.29, 1.82) is 0 Å². The number of hydrogen-bond donors (Lipinski definition) is 0. The van der Waals surface area contributed by atoms with Crippen LogP contribution in [-0.4, -0.2) is 26.1 Å². The van der Waals surface area contributed by atoms with E-state index in [0.717, 1.165) is 22.2 Å². The molecule has 0 saturated carbocycles. The van der Waals surface area contributed by atoms with Crippen molar-refractivity contribution in [3.05, 3.63) is 24.0 Å². The van der Waals surface area contributed by atoms with Gasteiger partial charge < -0.3 is 9.31 Å². The van der Waals surface area contributed by atoms with Crippen LogP contribution in [0.4, 0.5) is 0 Å². The minimum absolute atomic E-state index is 0.325. The lowest BCUT2D eigenvalue weighted by Gasteiger charge is -2.32. The second-order valence-corrected chi connectivity index (χ2v) is 7.34. The van der Waals surface area contributed by atoms with Crippen LogP contribution < -0.4 is 5.46 Å². The molecule has 3 rings (SSSR count). The molecule has 0 aliphatic carbocycles. The lowest BCUT2D eigenvalue weighted by Crippen LogP contribution is -2.41. The van der Waals surface area contributed by atoms with Gasteiger partial charge in [-0.15, -0.1) is 0 Å². The van der Waals surface area contributed by atoms with Gasteiger partial charge in [0.15, 0.2) is 0 Å². The van der Waals surface area contributed by atoms with Crippen molar-refractivity contribution in [2.24, 2.45) is 0 Å². The summed E-state index contributed by atoms with van der Waals surface area (Å²) < 4.78 is 14.3. The van der Waals surface area contributed by atoms with Gasteiger partial charge in [0.25, 0.3) is 0 Å². The highest BCUT2D eigenvalue weighted by molar-refractivity contribution is 14.1. The maximum atomic E-state index is 6.16. The fourth-order valence-electron chi connectivity index (χ4n) is 2.40. The number of halogens is 1. The molecule has 4 nitrogen and oxygen atoms in total. The minimum Gasteiger partial charge on any atom is -0.399 e. The monoisotopic (exact) mass is 384 g/mol. The highest BCUT2D eigenvalue weighted by Gasteiger charge is 2.52. The molecule has 2 aromatic heterocycles. The number of rotatable bonds is 1. The quantitative estimate of drug-likeness (QED) is 0.561. The molecule has 0 unspecified atom stereocenters. The molecule has 0 aromatic carbocycles. The van der Waals surface area contributed by atoms with Crippen LogP contribution in [0.15, 0.2) is 18.3 Å². The summed E-state index contributed by atoms with van der Waals surface area (Å²) in [7, 11) is -0.344. The van der Waals surface area contributed by atoms with Gasteiger partial charge in [-0.3, -0.25) is 2.78 Å². The Morgan fingerprint density at radius 3 is 2.40 bits per heavy atom. The van der Waals surface area contributed by atoms with E-state index < -0.39 is 0 Å². The van der Waals surface area contributed by atoms with Gasteiger partial charge >= 0.3 is 7.12 Å². The topological polar surface area (TPSA) is 36.3 Å². The minimum atomic E-state index is -0.344. The number of hydrogen-bond acceptors (Lipinski definition) is 3. The molecule has 2 aromatic rings. The van der Waals surface area contributed by atoms with Gasteiger partial charge in [0.05, 0.1) is 34.1 Å². The van der Waals surface area contributed by atoms with E-state index in [1.54, 1.807) is 0 Å². The summed E-state index contributed by atoms with van der Waals surface area (Å²) in [5.74, 6) is 0. The zero-order chi connectivity index (χ0) is 14.7. The van der Waals surface area contributed by atoms with Crippen LogP contribution in [0.2, 0.25) is 0 Å². The summed E-state index contributed by atoms with van der Waals surface area (Å²) in [6, 6.07) is 4.12. The zero-order valence-electron chi connectivity index (χ0n) is 12.4. The molecule has 3 heterocycles. The average molecular weight is 384 g/mol. The van der Waals surface area contributed by atoms with Crippen LogP contribution in [0.5, 0.6) is 0 Å². The normalized spacial score (nSPS) is 20.8. The third-order valence-electron chi connectivity index (χ3n) is 4.28. The van der Waals surface area contributed by atoms with E-state index in [1.165, 1.54) is 0 Å². The van der Waals surface area contributed by atoms with Crippen LogP contribution in [0, 0.1) is 6.92 Å². The third kappa shape index (κ3) is 2.08. The molecule has 1 fully saturated rings. The summed E-state index contributed by atoms with van der Waals surface area (Å²) in [4.78, 5) is 4.58. The Kier molecular flexibility index (Phi) is 3.19. The van der Waals surface area contributed by atoms with E-state index >= 15 is 0 Å². The van der Waals surface area contributed by atoms with Gasteiger partial charge in [0, 0.05) is 17.3 Å². The molecule has 0 amide bonds. The first-order valence-corrected chi connectivity index (χ1v) is 7.68. The van der Waals surface area contributed by atoms with Gasteiger partial charge in [-0.1, -0.05) is 0 Å². The fraction of sp³-hybridized carbons (Fsp3) is 0.500. The van der Waals surface area contributed by atoms with Gasteiger partial charge in [0.1, 0.15) is 5.65 Å². The highest BCUT2D eigenvalue weighted by Crippen LogP contribution is 2.37. The summed E-state index contributed by atoms with van der Waals surface area (Å²) in [5.41, 5.74) is 2.33. The fourth-order valence-corrected chi connectivity index (χ4v) is 2.93. The van der Waals surface area contributed by atoms with Crippen molar-refractivity contribution in [1.82, 2.24) is 7.76 Å². The van der Waals surface area contributed by atoms with Crippen LogP contribution in [0.1, 0.15) is 33.4 Å². The molecule has 0 atom stereocenters. The van der Waals surface area contributed by atoms with Crippen molar-refractivity contribution in [3.8, 4) is 0 Å². The lowest BCUT2D eigenvalue weighted by atomic mass is 9.77. The van der Waals surface area contributed by atoms with Gasteiger partial charge in [-0.2, -0.15) is 0 Å². The van der Waals surface area contributed by atoms with Gasteiger partial charge in [-0.25, -0.2) is 4.98 Å². The molecule has 0 N–H and O–H groups in total. The molecule has 0 bridgehead atoms. The molecule has 1 aliphatic heterocycles. The molecule has 0 radical (unpaired) electrons. The smallest absolute Gasteiger partial charge is 0.399 e. The van der Waals surface area contributed by atoms with E-state index in [9.17, 15) is 0 Å². The Balaban J connectivity index is 2.12. The van der Waals surface area contributed by atoms with E-state index in [4.69, 9.17) is 9.31 Å². The van der Waals surface area contributed by atoms with E-state index in [1.807, 2.05) is 15.9 Å². The second-order valence-electron chi connectivity index (χ2n) is 6.31. The molecular weight excluding hydrogens is 366 g/mol. The first-order valence-electron chi connectivity index (χ1n) is 6.72. The number of nitrogens with zero attached hydrogens (tertiary/aromatic N) is 2. The number of fused-ring (bicyclic) bond motifs is 1.